The molecule has 3 aromatic rings. The summed E-state index contributed by atoms with van der Waals surface area (Å²) in [6.45, 7) is 1.73. The summed E-state index contributed by atoms with van der Waals surface area (Å²) in [7, 11) is 1.70. The number of halogens is 3. The molecular weight excluding hydrogens is 471 g/mol. The van der Waals surface area contributed by atoms with Gasteiger partial charge in [0.25, 0.3) is 5.91 Å². The fraction of sp³-hybridized carbons (Fsp3) is 0.400. The number of aryl methyl sites for hydroxylation is 1. The number of carbonyl (C=O) groups is 2. The molecule has 2 aliphatic rings. The van der Waals surface area contributed by atoms with Crippen LogP contribution in [0.15, 0.2) is 24.5 Å². The molecule has 3 N–H and O–H groups in total. The maximum atomic E-state index is 12.8. The highest BCUT2D eigenvalue weighted by atomic mass is 19.4. The lowest BCUT2D eigenvalue weighted by Crippen LogP contribution is -2.51. The second-order valence-corrected chi connectivity index (χ2v) is 8.09. The molecule has 2 aliphatic heterocycles. The highest BCUT2D eigenvalue weighted by Crippen LogP contribution is 2.23. The Balaban J connectivity index is 0.000000364. The molecule has 15 heteroatoms. The first-order valence-corrected chi connectivity index (χ1v) is 10.5. The van der Waals surface area contributed by atoms with Crippen LogP contribution >= 0.6 is 0 Å². The highest BCUT2D eigenvalue weighted by Gasteiger charge is 2.38. The predicted octanol–water partition coefficient (Wildman–Crippen LogP) is 1.16. The van der Waals surface area contributed by atoms with E-state index in [1.165, 1.54) is 17.5 Å². The zero-order valence-electron chi connectivity index (χ0n) is 18.3. The van der Waals surface area contributed by atoms with Crippen LogP contribution in [0.5, 0.6) is 0 Å². The van der Waals surface area contributed by atoms with Crippen molar-refractivity contribution in [2.75, 3.05) is 23.3 Å². The number of aliphatic carboxylic acids is 1. The lowest BCUT2D eigenvalue weighted by Gasteiger charge is -2.32. The van der Waals surface area contributed by atoms with E-state index in [0.717, 1.165) is 18.6 Å². The molecular formula is C20H20F3N9O3. The molecule has 2 fully saturated rings. The van der Waals surface area contributed by atoms with Crippen molar-refractivity contribution in [3.63, 3.8) is 0 Å². The number of alkyl halides is 3. The number of amides is 1. The molecule has 1 amide bonds. The maximum absolute atomic E-state index is 12.8. The molecule has 2 saturated heterocycles. The Morgan fingerprint density at radius 3 is 2.49 bits per heavy atom. The molecule has 0 radical (unpaired) electrons. The van der Waals surface area contributed by atoms with Gasteiger partial charge in [0.1, 0.15) is 11.8 Å². The quantitative estimate of drug-likeness (QED) is 0.490. The molecule has 5 rings (SSSR count). The highest BCUT2D eigenvalue weighted by molar-refractivity contribution is 6.04. The number of hydrogen-bond acceptors (Lipinski definition) is 8. The largest absolute Gasteiger partial charge is 0.490 e. The standard InChI is InChI=1S/C18H19N9O.C2HF3O2/c1-25-10-15(14(6-19)23-25)22-17(28)16-5-4-13-7-20-18(24-27(13)16)26-8-11-2-3-12(9-26)21-11;3-2(4,5)1(6)7/h4-5,7,10-12,21H,2-3,8-9H2,1H3,(H,22,28);(H,6,7). The molecule has 2 bridgehead atoms. The molecule has 184 valence electrons. The van der Waals surface area contributed by atoms with Crippen molar-refractivity contribution in [1.29, 1.82) is 5.26 Å². The number of aromatic nitrogens is 5. The topological polar surface area (TPSA) is 153 Å². The molecule has 0 aliphatic carbocycles. The maximum Gasteiger partial charge on any atom is 0.490 e. The second-order valence-electron chi connectivity index (χ2n) is 8.09. The fourth-order valence-corrected chi connectivity index (χ4v) is 4.02. The first-order chi connectivity index (χ1) is 16.5. The van der Waals surface area contributed by atoms with Gasteiger partial charge in [-0.05, 0) is 25.0 Å². The van der Waals surface area contributed by atoms with Crippen LogP contribution < -0.4 is 15.5 Å². The third kappa shape index (κ3) is 5.17. The summed E-state index contributed by atoms with van der Waals surface area (Å²) in [5, 5.41) is 31.3. The number of fused-ring (bicyclic) bond motifs is 3. The van der Waals surface area contributed by atoms with E-state index in [9.17, 15) is 18.0 Å². The van der Waals surface area contributed by atoms with E-state index in [-0.39, 0.29) is 11.6 Å². The van der Waals surface area contributed by atoms with Crippen LogP contribution in [0, 0.1) is 11.3 Å². The molecule has 3 aromatic heterocycles. The number of nitrogens with one attached hydrogen (secondary N) is 2. The average molecular weight is 491 g/mol. The molecule has 12 nitrogen and oxygen atoms in total. The number of piperazine rings is 1. The van der Waals surface area contributed by atoms with Crippen LogP contribution in [0.1, 0.15) is 29.0 Å². The number of rotatable bonds is 3. The number of anilines is 2. The second kappa shape index (κ2) is 9.22. The summed E-state index contributed by atoms with van der Waals surface area (Å²) >= 11 is 0. The van der Waals surface area contributed by atoms with Crippen molar-refractivity contribution >= 4 is 29.0 Å². The Hall–Kier alpha value is -4.19. The number of nitrogens with zero attached hydrogens (tertiary/aromatic N) is 7. The lowest BCUT2D eigenvalue weighted by atomic mass is 10.2. The lowest BCUT2D eigenvalue weighted by molar-refractivity contribution is -0.192. The molecule has 0 spiro atoms. The zero-order valence-corrected chi connectivity index (χ0v) is 18.3. The van der Waals surface area contributed by atoms with Gasteiger partial charge in [0, 0.05) is 38.4 Å². The molecule has 2 unspecified atom stereocenters. The third-order valence-electron chi connectivity index (χ3n) is 5.54. The van der Waals surface area contributed by atoms with Gasteiger partial charge in [-0.25, -0.2) is 14.3 Å². The van der Waals surface area contributed by atoms with Gasteiger partial charge in [-0.3, -0.25) is 9.48 Å². The predicted molar refractivity (Wildman–Crippen MR) is 115 cm³/mol. The van der Waals surface area contributed by atoms with Crippen LogP contribution in [-0.2, 0) is 11.8 Å². The number of carboxylic acid groups (broad SMARTS) is 1. The summed E-state index contributed by atoms with van der Waals surface area (Å²) in [5.41, 5.74) is 1.66. The molecule has 0 aromatic carbocycles. The van der Waals surface area contributed by atoms with Crippen LogP contribution in [0.3, 0.4) is 0 Å². The van der Waals surface area contributed by atoms with Gasteiger partial charge < -0.3 is 20.6 Å². The minimum Gasteiger partial charge on any atom is -0.475 e. The van der Waals surface area contributed by atoms with Gasteiger partial charge >= 0.3 is 12.1 Å². The van der Waals surface area contributed by atoms with Gasteiger partial charge in [-0.2, -0.15) is 23.5 Å². The van der Waals surface area contributed by atoms with Crippen molar-refractivity contribution in [2.24, 2.45) is 7.05 Å². The number of carbonyl (C=O) groups excluding carboxylic acids is 1. The van der Waals surface area contributed by atoms with Crippen LogP contribution in [0.4, 0.5) is 24.8 Å². The third-order valence-corrected chi connectivity index (χ3v) is 5.54. The molecule has 35 heavy (non-hydrogen) atoms. The molecule has 2 atom stereocenters. The van der Waals surface area contributed by atoms with Crippen LogP contribution in [-0.4, -0.2) is 72.7 Å². The summed E-state index contributed by atoms with van der Waals surface area (Å²) in [5.74, 6) is -2.49. The zero-order chi connectivity index (χ0) is 25.3. The van der Waals surface area contributed by atoms with Gasteiger partial charge in [0.15, 0.2) is 5.69 Å². The van der Waals surface area contributed by atoms with Gasteiger partial charge in [-0.1, -0.05) is 0 Å². The van der Waals surface area contributed by atoms with Gasteiger partial charge in [0.2, 0.25) is 5.95 Å². The first kappa shape index (κ1) is 24.0. The molecule has 0 saturated carbocycles. The summed E-state index contributed by atoms with van der Waals surface area (Å²) in [4.78, 5) is 28.4. The Morgan fingerprint density at radius 1 is 1.23 bits per heavy atom. The average Bonchev–Trinajstić information content (AvgIpc) is 3.48. The van der Waals surface area contributed by atoms with Crippen LogP contribution in [0.25, 0.3) is 5.52 Å². The Kier molecular flexibility index (Phi) is 6.31. The normalized spacial score (nSPS) is 19.1. The van der Waals surface area contributed by atoms with E-state index < -0.39 is 12.1 Å². The van der Waals surface area contributed by atoms with Crippen molar-refractivity contribution in [3.05, 3.63) is 35.9 Å². The van der Waals surface area contributed by atoms with Crippen molar-refractivity contribution in [1.82, 2.24) is 29.7 Å². The van der Waals surface area contributed by atoms with E-state index in [2.05, 4.69) is 30.7 Å². The van der Waals surface area contributed by atoms with Crippen molar-refractivity contribution < 1.29 is 27.9 Å². The Bertz CT molecular complexity index is 1300. The first-order valence-electron chi connectivity index (χ1n) is 10.5. The van der Waals surface area contributed by atoms with Crippen LogP contribution in [0.2, 0.25) is 0 Å². The van der Waals surface area contributed by atoms with E-state index >= 15 is 0 Å². The van der Waals surface area contributed by atoms with E-state index in [4.69, 9.17) is 15.2 Å². The van der Waals surface area contributed by atoms with Gasteiger partial charge in [0.05, 0.1) is 17.4 Å². The fourth-order valence-electron chi connectivity index (χ4n) is 4.02. The number of carboxylic acids is 1. The minimum atomic E-state index is -5.08. The smallest absolute Gasteiger partial charge is 0.475 e. The molecule has 5 heterocycles. The summed E-state index contributed by atoms with van der Waals surface area (Å²) in [6, 6.07) is 6.43. The monoisotopic (exact) mass is 491 g/mol. The van der Waals surface area contributed by atoms with E-state index in [1.807, 2.05) is 6.07 Å². The summed E-state index contributed by atoms with van der Waals surface area (Å²) < 4.78 is 34.8. The SMILES string of the molecule is Cn1cc(NC(=O)c2ccc3cnc(N4CC5CCC(C4)N5)nn23)c(C#N)n1.O=C(O)C(F)(F)F. The van der Waals surface area contributed by atoms with Crippen molar-refractivity contribution in [2.45, 2.75) is 31.1 Å². The van der Waals surface area contributed by atoms with Crippen molar-refractivity contribution in [3.8, 4) is 6.07 Å². The minimum absolute atomic E-state index is 0.170. The van der Waals surface area contributed by atoms with E-state index in [0.29, 0.717) is 29.4 Å². The van der Waals surface area contributed by atoms with E-state index in [1.54, 1.807) is 36.1 Å². The number of nitriles is 1. The number of hydrogen-bond donors (Lipinski definition) is 3. The Labute approximate surface area is 195 Å². The van der Waals surface area contributed by atoms with Gasteiger partial charge in [-0.15, -0.1) is 5.10 Å². The Morgan fingerprint density at radius 2 is 1.89 bits per heavy atom. The summed E-state index contributed by atoms with van der Waals surface area (Å²) in [6.07, 6.45) is 0.594.